The molecule has 4 aliphatic rings. The van der Waals surface area contributed by atoms with Gasteiger partial charge in [0.25, 0.3) is 0 Å². The smallest absolute Gasteiger partial charge is 0.353 e. The Balaban J connectivity index is 1.44. The van der Waals surface area contributed by atoms with E-state index in [1.54, 1.807) is 14.0 Å². The van der Waals surface area contributed by atoms with Gasteiger partial charge in [0.1, 0.15) is 5.70 Å². The van der Waals surface area contributed by atoms with Crippen LogP contribution in [0.1, 0.15) is 33.1 Å². The molecule has 3 saturated heterocycles. The van der Waals surface area contributed by atoms with Crippen LogP contribution < -0.4 is 16.0 Å². The standard InChI is InChI=1S/C22H33N5O5S/c1-11-17-16(12(2)25-15(28)10-23-3)21(30)27(17)18(22(31)32)19(11)33-13-8-14(24-9-13)20(29)26-6-4-5-7-26/h11-14,16-17,23-24H,4-10H2,1-3H3,(H,25,28)(H,31,32)/t11-,12-,13+,14+,16-,17-/m1/s1. The fraction of sp³-hybridized carbons (Fsp3) is 0.727. The fourth-order valence-corrected chi connectivity index (χ4v) is 7.05. The van der Waals surface area contributed by atoms with E-state index in [-0.39, 0.29) is 53.2 Å². The van der Waals surface area contributed by atoms with E-state index in [4.69, 9.17) is 0 Å². The zero-order valence-electron chi connectivity index (χ0n) is 19.3. The second kappa shape index (κ2) is 9.63. The molecule has 4 N–H and O–H groups in total. The van der Waals surface area contributed by atoms with Gasteiger partial charge in [-0.2, -0.15) is 0 Å². The maximum atomic E-state index is 12.9. The van der Waals surface area contributed by atoms with Crippen LogP contribution in [0, 0.1) is 11.8 Å². The third-order valence-corrected chi connectivity index (χ3v) is 8.67. The monoisotopic (exact) mass is 479 g/mol. The van der Waals surface area contributed by atoms with Crippen LogP contribution in [0.15, 0.2) is 10.6 Å². The molecule has 3 amide bonds. The van der Waals surface area contributed by atoms with Crippen molar-refractivity contribution in [2.75, 3.05) is 33.2 Å². The number of thioether (sulfide) groups is 1. The number of aliphatic carboxylic acids is 1. The Morgan fingerprint density at radius 3 is 2.61 bits per heavy atom. The van der Waals surface area contributed by atoms with E-state index in [9.17, 15) is 24.3 Å². The van der Waals surface area contributed by atoms with Crippen molar-refractivity contribution in [2.24, 2.45) is 11.8 Å². The van der Waals surface area contributed by atoms with Crippen LogP contribution in [0.25, 0.3) is 0 Å². The predicted octanol–water partition coefficient (Wildman–Crippen LogP) is -0.430. The molecule has 0 saturated carbocycles. The molecule has 3 fully saturated rings. The highest BCUT2D eigenvalue weighted by molar-refractivity contribution is 8.03. The van der Waals surface area contributed by atoms with Gasteiger partial charge >= 0.3 is 5.97 Å². The number of fused-ring (bicyclic) bond motifs is 1. The van der Waals surface area contributed by atoms with Crippen molar-refractivity contribution >= 4 is 35.5 Å². The number of hydrogen-bond acceptors (Lipinski definition) is 7. The van der Waals surface area contributed by atoms with Gasteiger partial charge in [0.2, 0.25) is 17.7 Å². The molecule has 0 aliphatic carbocycles. The molecule has 4 aliphatic heterocycles. The van der Waals surface area contributed by atoms with Gasteiger partial charge in [-0.3, -0.25) is 14.4 Å². The van der Waals surface area contributed by atoms with Crippen molar-refractivity contribution < 1.29 is 24.3 Å². The number of carbonyl (C=O) groups is 4. The van der Waals surface area contributed by atoms with Gasteiger partial charge < -0.3 is 30.9 Å². The first kappa shape index (κ1) is 24.0. The average Bonchev–Trinajstić information content (AvgIpc) is 3.48. The molecule has 0 unspecified atom stereocenters. The highest BCUT2D eigenvalue weighted by atomic mass is 32.2. The molecular formula is C22H33N5O5S. The largest absolute Gasteiger partial charge is 0.477 e. The average molecular weight is 480 g/mol. The summed E-state index contributed by atoms with van der Waals surface area (Å²) < 4.78 is 0. The van der Waals surface area contributed by atoms with Gasteiger partial charge in [-0.15, -0.1) is 11.8 Å². The molecule has 0 aromatic heterocycles. The van der Waals surface area contributed by atoms with Crippen LogP contribution in [0.4, 0.5) is 0 Å². The van der Waals surface area contributed by atoms with E-state index in [0.717, 1.165) is 25.9 Å². The second-order valence-corrected chi connectivity index (χ2v) is 10.7. The van der Waals surface area contributed by atoms with E-state index >= 15 is 0 Å². The summed E-state index contributed by atoms with van der Waals surface area (Å²) in [6.07, 6.45) is 2.73. The van der Waals surface area contributed by atoms with Crippen molar-refractivity contribution in [2.45, 2.75) is 56.5 Å². The van der Waals surface area contributed by atoms with Crippen LogP contribution in [0.3, 0.4) is 0 Å². The quantitative estimate of drug-likeness (QED) is 0.345. The maximum Gasteiger partial charge on any atom is 0.353 e. The molecule has 6 atom stereocenters. The second-order valence-electron chi connectivity index (χ2n) is 9.39. The number of nitrogens with zero attached hydrogens (tertiary/aromatic N) is 2. The molecule has 4 heterocycles. The minimum atomic E-state index is -1.11. The van der Waals surface area contributed by atoms with Crippen LogP contribution in [0.5, 0.6) is 0 Å². The summed E-state index contributed by atoms with van der Waals surface area (Å²) in [4.78, 5) is 53.8. The third-order valence-electron chi connectivity index (χ3n) is 7.16. The number of carboxylic acid groups (broad SMARTS) is 1. The van der Waals surface area contributed by atoms with Crippen molar-refractivity contribution in [3.8, 4) is 0 Å². The molecule has 33 heavy (non-hydrogen) atoms. The molecule has 10 nitrogen and oxygen atoms in total. The number of carboxylic acids is 1. The lowest BCUT2D eigenvalue weighted by Crippen LogP contribution is -2.66. The molecule has 0 bridgehead atoms. The Morgan fingerprint density at radius 1 is 1.27 bits per heavy atom. The maximum absolute atomic E-state index is 12.9. The number of β-lactam (4-membered cyclic amide) rings is 1. The van der Waals surface area contributed by atoms with E-state index in [1.165, 1.54) is 16.7 Å². The summed E-state index contributed by atoms with van der Waals surface area (Å²) in [7, 11) is 1.67. The molecule has 0 aromatic carbocycles. The highest BCUT2D eigenvalue weighted by Gasteiger charge is 2.60. The Morgan fingerprint density at radius 2 is 1.97 bits per heavy atom. The molecule has 4 rings (SSSR count). The Kier molecular flexibility index (Phi) is 7.01. The van der Waals surface area contributed by atoms with E-state index in [0.29, 0.717) is 17.9 Å². The molecule has 0 spiro atoms. The van der Waals surface area contributed by atoms with Crippen molar-refractivity contribution in [1.82, 2.24) is 25.8 Å². The third kappa shape index (κ3) is 4.38. The van der Waals surface area contributed by atoms with E-state index < -0.39 is 17.9 Å². The van der Waals surface area contributed by atoms with Crippen molar-refractivity contribution in [1.29, 1.82) is 0 Å². The van der Waals surface area contributed by atoms with Gasteiger partial charge in [0.15, 0.2) is 0 Å². The summed E-state index contributed by atoms with van der Waals surface area (Å²) in [6.45, 7) is 6.14. The van der Waals surface area contributed by atoms with Crippen LogP contribution in [0.2, 0.25) is 0 Å². The summed E-state index contributed by atoms with van der Waals surface area (Å²) in [5.41, 5.74) is 0.0572. The fourth-order valence-electron chi connectivity index (χ4n) is 5.57. The SMILES string of the molecule is CNCC(=O)N[C@H](C)[C@H]1C(=O)N2C(C(=O)O)=C(S[C@@H]3CN[C@H](C(=O)N4CCCC4)C3)[C@H](C)[C@H]12. The lowest BCUT2D eigenvalue weighted by molar-refractivity contribution is -0.158. The van der Waals surface area contributed by atoms with E-state index in [1.807, 2.05) is 11.8 Å². The lowest BCUT2D eigenvalue weighted by Gasteiger charge is -2.47. The zero-order chi connectivity index (χ0) is 23.9. The Bertz CT molecular complexity index is 873. The molecule has 182 valence electrons. The first-order chi connectivity index (χ1) is 15.7. The summed E-state index contributed by atoms with van der Waals surface area (Å²) in [6, 6.07) is -0.913. The minimum Gasteiger partial charge on any atom is -0.477 e. The van der Waals surface area contributed by atoms with Gasteiger partial charge in [-0.25, -0.2) is 4.79 Å². The molecular weight excluding hydrogens is 446 g/mol. The zero-order valence-corrected chi connectivity index (χ0v) is 20.1. The van der Waals surface area contributed by atoms with Crippen molar-refractivity contribution in [3.05, 3.63) is 10.6 Å². The highest BCUT2D eigenvalue weighted by Crippen LogP contribution is 2.51. The van der Waals surface area contributed by atoms with E-state index in [2.05, 4.69) is 16.0 Å². The number of amides is 3. The van der Waals surface area contributed by atoms with Gasteiger partial charge in [-0.05, 0) is 33.2 Å². The first-order valence-corrected chi connectivity index (χ1v) is 12.6. The van der Waals surface area contributed by atoms with Gasteiger partial charge in [0, 0.05) is 41.7 Å². The summed E-state index contributed by atoms with van der Waals surface area (Å²) >= 11 is 1.48. The number of rotatable bonds is 8. The molecule has 0 radical (unpaired) electrons. The lowest BCUT2D eigenvalue weighted by atomic mass is 9.78. The molecule has 11 heteroatoms. The van der Waals surface area contributed by atoms with Crippen LogP contribution in [-0.4, -0.2) is 95.2 Å². The minimum absolute atomic E-state index is 0.0572. The summed E-state index contributed by atoms with van der Waals surface area (Å²) in [5, 5.41) is 18.9. The Labute approximate surface area is 197 Å². The van der Waals surface area contributed by atoms with Gasteiger partial charge in [-0.1, -0.05) is 6.92 Å². The summed E-state index contributed by atoms with van der Waals surface area (Å²) in [5.74, 6) is -2.05. The number of carbonyl (C=O) groups excluding carboxylic acids is 3. The number of likely N-dealkylation sites (tertiary alicyclic amines) is 1. The molecule has 0 aromatic rings. The van der Waals surface area contributed by atoms with Gasteiger partial charge in [0.05, 0.1) is 24.5 Å². The van der Waals surface area contributed by atoms with Crippen molar-refractivity contribution in [3.63, 3.8) is 0 Å². The Hall–Kier alpha value is -2.11. The predicted molar refractivity (Wildman–Crippen MR) is 123 cm³/mol. The first-order valence-electron chi connectivity index (χ1n) is 11.7. The topological polar surface area (TPSA) is 131 Å². The van der Waals surface area contributed by atoms with Crippen LogP contribution in [-0.2, 0) is 19.2 Å². The number of hydrogen-bond donors (Lipinski definition) is 4. The normalized spacial score (nSPS) is 32.1. The number of likely N-dealkylation sites (N-methyl/N-ethyl adjacent to an activating group) is 1. The number of nitrogens with one attached hydrogen (secondary N) is 3. The van der Waals surface area contributed by atoms with Crippen LogP contribution >= 0.6 is 11.8 Å².